The summed E-state index contributed by atoms with van der Waals surface area (Å²) in [5, 5.41) is 11.9. The highest BCUT2D eigenvalue weighted by atomic mass is 16.4. The maximum absolute atomic E-state index is 12.3. The molecule has 2 N–H and O–H groups in total. The summed E-state index contributed by atoms with van der Waals surface area (Å²) >= 11 is 0. The Bertz CT molecular complexity index is 491. The molecule has 1 atom stereocenters. The Morgan fingerprint density at radius 2 is 2.21 bits per heavy atom. The molecule has 0 aromatic carbocycles. The fraction of sp³-hybridized carbons (Fsp3) is 0.571. The smallest absolute Gasteiger partial charge is 0.329 e. The second-order valence-corrected chi connectivity index (χ2v) is 5.37. The topological polar surface area (TPSA) is 71.3 Å². The first-order valence-corrected chi connectivity index (χ1v) is 6.70. The van der Waals surface area contributed by atoms with Crippen molar-refractivity contribution in [2.24, 2.45) is 0 Å². The number of aliphatic carboxylic acids is 1. The standard InChI is InChI=1S/C14H20N2O3/c1-3-8-14(2,13(18)19)15-12(17)11-5-4-9-16(11)10-6-7-10/h4-5,9-10H,3,6-8H2,1-2H3,(H,15,17)(H,18,19). The summed E-state index contributed by atoms with van der Waals surface area (Å²) in [5.74, 6) is -1.30. The monoisotopic (exact) mass is 264 g/mol. The minimum Gasteiger partial charge on any atom is -0.480 e. The normalized spacial score (nSPS) is 17.8. The van der Waals surface area contributed by atoms with Gasteiger partial charge in [-0.05, 0) is 38.3 Å². The van der Waals surface area contributed by atoms with E-state index in [1.807, 2.05) is 23.8 Å². The van der Waals surface area contributed by atoms with Crippen molar-refractivity contribution in [2.75, 3.05) is 0 Å². The number of carbonyl (C=O) groups excluding carboxylic acids is 1. The van der Waals surface area contributed by atoms with Gasteiger partial charge >= 0.3 is 5.97 Å². The lowest BCUT2D eigenvalue weighted by Crippen LogP contribution is -2.52. The number of carboxylic acid groups (broad SMARTS) is 1. The Labute approximate surface area is 112 Å². The van der Waals surface area contributed by atoms with Gasteiger partial charge < -0.3 is 15.0 Å². The molecule has 5 heteroatoms. The van der Waals surface area contributed by atoms with E-state index in [0.29, 0.717) is 24.6 Å². The minimum atomic E-state index is -1.20. The quantitative estimate of drug-likeness (QED) is 0.827. The van der Waals surface area contributed by atoms with Crippen molar-refractivity contribution >= 4 is 11.9 Å². The van der Waals surface area contributed by atoms with Crippen LogP contribution in [0.5, 0.6) is 0 Å². The maximum atomic E-state index is 12.3. The molecule has 1 aromatic heterocycles. The average Bonchev–Trinajstić information content (AvgIpc) is 3.06. The fourth-order valence-corrected chi connectivity index (χ4v) is 2.29. The summed E-state index contributed by atoms with van der Waals surface area (Å²) in [7, 11) is 0. The Kier molecular flexibility index (Phi) is 3.64. The maximum Gasteiger partial charge on any atom is 0.329 e. The molecule has 1 saturated carbocycles. The lowest BCUT2D eigenvalue weighted by atomic mass is 9.96. The Morgan fingerprint density at radius 1 is 1.53 bits per heavy atom. The number of nitrogens with one attached hydrogen (secondary N) is 1. The van der Waals surface area contributed by atoms with Crippen LogP contribution in [0.3, 0.4) is 0 Å². The van der Waals surface area contributed by atoms with Gasteiger partial charge in [-0.1, -0.05) is 13.3 Å². The highest BCUT2D eigenvalue weighted by molar-refractivity contribution is 5.96. The lowest BCUT2D eigenvalue weighted by Gasteiger charge is -2.26. The highest BCUT2D eigenvalue weighted by Gasteiger charge is 2.35. The van der Waals surface area contributed by atoms with Crippen LogP contribution < -0.4 is 5.32 Å². The summed E-state index contributed by atoms with van der Waals surface area (Å²) in [5.41, 5.74) is -0.657. The van der Waals surface area contributed by atoms with Crippen LogP contribution in [0.25, 0.3) is 0 Å². The van der Waals surface area contributed by atoms with E-state index >= 15 is 0 Å². The summed E-state index contributed by atoms with van der Waals surface area (Å²) in [6.07, 6.45) is 5.16. The Morgan fingerprint density at radius 3 is 2.74 bits per heavy atom. The van der Waals surface area contributed by atoms with Crippen molar-refractivity contribution in [1.82, 2.24) is 9.88 Å². The third-order valence-electron chi connectivity index (χ3n) is 3.56. The molecule has 0 spiro atoms. The van der Waals surface area contributed by atoms with Crippen LogP contribution >= 0.6 is 0 Å². The van der Waals surface area contributed by atoms with Crippen LogP contribution in [-0.2, 0) is 4.79 Å². The molecule has 0 radical (unpaired) electrons. The molecule has 1 fully saturated rings. The van der Waals surface area contributed by atoms with Gasteiger partial charge in [-0.25, -0.2) is 4.79 Å². The van der Waals surface area contributed by atoms with Crippen LogP contribution in [0.2, 0.25) is 0 Å². The predicted molar refractivity (Wildman–Crippen MR) is 71.1 cm³/mol. The van der Waals surface area contributed by atoms with E-state index in [-0.39, 0.29) is 5.91 Å². The zero-order valence-corrected chi connectivity index (χ0v) is 11.3. The van der Waals surface area contributed by atoms with Gasteiger partial charge in [0.2, 0.25) is 0 Å². The summed E-state index contributed by atoms with van der Waals surface area (Å²) < 4.78 is 1.93. The van der Waals surface area contributed by atoms with Crippen LogP contribution in [0.4, 0.5) is 0 Å². The number of amides is 1. The third kappa shape index (κ3) is 2.80. The van der Waals surface area contributed by atoms with Crippen LogP contribution in [-0.4, -0.2) is 27.1 Å². The zero-order chi connectivity index (χ0) is 14.0. The third-order valence-corrected chi connectivity index (χ3v) is 3.56. The first kappa shape index (κ1) is 13.6. The summed E-state index contributed by atoms with van der Waals surface area (Å²) in [4.78, 5) is 23.6. The average molecular weight is 264 g/mol. The molecule has 0 bridgehead atoms. The number of aromatic nitrogens is 1. The van der Waals surface area contributed by atoms with Crippen molar-refractivity contribution in [3.05, 3.63) is 24.0 Å². The van der Waals surface area contributed by atoms with Gasteiger partial charge in [-0.2, -0.15) is 0 Å². The largest absolute Gasteiger partial charge is 0.480 e. The van der Waals surface area contributed by atoms with E-state index in [2.05, 4.69) is 5.32 Å². The number of carboxylic acids is 1. The first-order valence-electron chi connectivity index (χ1n) is 6.70. The molecule has 19 heavy (non-hydrogen) atoms. The van der Waals surface area contributed by atoms with Gasteiger partial charge in [0.1, 0.15) is 11.2 Å². The highest BCUT2D eigenvalue weighted by Crippen LogP contribution is 2.36. The van der Waals surface area contributed by atoms with E-state index in [1.165, 1.54) is 0 Å². The van der Waals surface area contributed by atoms with Crippen molar-refractivity contribution in [3.8, 4) is 0 Å². The number of hydrogen-bond acceptors (Lipinski definition) is 2. The van der Waals surface area contributed by atoms with Crippen LogP contribution in [0.1, 0.15) is 56.1 Å². The summed E-state index contributed by atoms with van der Waals surface area (Å²) in [6.45, 7) is 3.46. The number of carbonyl (C=O) groups is 2. The fourth-order valence-electron chi connectivity index (χ4n) is 2.29. The van der Waals surface area contributed by atoms with Crippen molar-refractivity contribution in [2.45, 2.75) is 51.1 Å². The second-order valence-electron chi connectivity index (χ2n) is 5.37. The van der Waals surface area contributed by atoms with Crippen molar-refractivity contribution < 1.29 is 14.7 Å². The Balaban J connectivity index is 2.15. The van der Waals surface area contributed by atoms with E-state index in [1.54, 1.807) is 13.0 Å². The van der Waals surface area contributed by atoms with Crippen molar-refractivity contribution in [3.63, 3.8) is 0 Å². The second kappa shape index (κ2) is 5.07. The van der Waals surface area contributed by atoms with Crippen LogP contribution in [0, 0.1) is 0 Å². The molecule has 1 unspecified atom stereocenters. The molecule has 104 valence electrons. The van der Waals surface area contributed by atoms with Gasteiger partial charge in [-0.15, -0.1) is 0 Å². The van der Waals surface area contributed by atoms with E-state index in [9.17, 15) is 14.7 Å². The SMILES string of the molecule is CCCC(C)(NC(=O)c1cccn1C1CC1)C(=O)O. The molecular formula is C14H20N2O3. The molecule has 1 heterocycles. The molecule has 1 amide bonds. The molecule has 5 nitrogen and oxygen atoms in total. The number of nitrogens with zero attached hydrogens (tertiary/aromatic N) is 1. The van der Waals surface area contributed by atoms with E-state index in [0.717, 1.165) is 12.8 Å². The minimum absolute atomic E-state index is 0.310. The summed E-state index contributed by atoms with van der Waals surface area (Å²) in [6, 6.07) is 3.96. The zero-order valence-electron chi connectivity index (χ0n) is 11.3. The van der Waals surface area contributed by atoms with Gasteiger partial charge in [0, 0.05) is 12.2 Å². The first-order chi connectivity index (χ1) is 8.98. The lowest BCUT2D eigenvalue weighted by molar-refractivity contribution is -0.144. The van der Waals surface area contributed by atoms with Gasteiger partial charge in [0.15, 0.2) is 0 Å². The predicted octanol–water partition coefficient (Wildman–Crippen LogP) is 2.20. The van der Waals surface area contributed by atoms with Crippen LogP contribution in [0.15, 0.2) is 18.3 Å². The number of hydrogen-bond donors (Lipinski definition) is 2. The van der Waals surface area contributed by atoms with E-state index in [4.69, 9.17) is 0 Å². The van der Waals surface area contributed by atoms with Gasteiger partial charge in [-0.3, -0.25) is 4.79 Å². The molecule has 1 aliphatic rings. The molecular weight excluding hydrogens is 244 g/mol. The van der Waals surface area contributed by atoms with Gasteiger partial charge in [0.25, 0.3) is 5.91 Å². The molecule has 1 aromatic rings. The molecule has 0 saturated heterocycles. The van der Waals surface area contributed by atoms with E-state index < -0.39 is 11.5 Å². The van der Waals surface area contributed by atoms with Gasteiger partial charge in [0.05, 0.1) is 0 Å². The van der Waals surface area contributed by atoms with Crippen molar-refractivity contribution in [1.29, 1.82) is 0 Å². The molecule has 0 aliphatic heterocycles. The number of rotatable bonds is 6. The Hall–Kier alpha value is -1.78. The molecule has 2 rings (SSSR count). The molecule has 1 aliphatic carbocycles.